The van der Waals surface area contributed by atoms with E-state index in [-0.39, 0.29) is 11.9 Å². The zero-order valence-electron chi connectivity index (χ0n) is 17.0. The highest BCUT2D eigenvalue weighted by Gasteiger charge is 2.18. The quantitative estimate of drug-likeness (QED) is 0.548. The van der Waals surface area contributed by atoms with Gasteiger partial charge in [-0.25, -0.2) is 0 Å². The third-order valence-electron chi connectivity index (χ3n) is 5.10. The van der Waals surface area contributed by atoms with Crippen molar-refractivity contribution in [2.75, 3.05) is 0 Å². The summed E-state index contributed by atoms with van der Waals surface area (Å²) < 4.78 is 0. The lowest BCUT2D eigenvalue weighted by Gasteiger charge is -2.18. The van der Waals surface area contributed by atoms with Gasteiger partial charge >= 0.3 is 0 Å². The van der Waals surface area contributed by atoms with Crippen molar-refractivity contribution in [3.05, 3.63) is 101 Å². The highest BCUT2D eigenvalue weighted by Crippen LogP contribution is 2.14. The molecule has 5 heteroatoms. The molecule has 0 aliphatic carbocycles. The summed E-state index contributed by atoms with van der Waals surface area (Å²) in [5.74, 6) is -0.252. The minimum absolute atomic E-state index is 0.252. The van der Waals surface area contributed by atoms with Crippen LogP contribution in [0.25, 0.3) is 0 Å². The summed E-state index contributed by atoms with van der Waals surface area (Å²) in [5.41, 5.74) is 12.5. The Morgan fingerprint density at radius 2 is 1.90 bits per heavy atom. The molecule has 4 N–H and O–H groups in total. The van der Waals surface area contributed by atoms with E-state index < -0.39 is 0 Å². The number of aryl methyl sites for hydroxylation is 3. The van der Waals surface area contributed by atoms with Gasteiger partial charge in [0.1, 0.15) is 5.69 Å². The van der Waals surface area contributed by atoms with Crippen molar-refractivity contribution in [2.45, 2.75) is 39.2 Å². The zero-order valence-corrected chi connectivity index (χ0v) is 17.0. The number of aromatic nitrogens is 2. The Hall–Kier alpha value is -3.34. The van der Waals surface area contributed by atoms with Crippen LogP contribution in [0.2, 0.25) is 0 Å². The number of amides is 1. The molecule has 1 atom stereocenters. The fourth-order valence-corrected chi connectivity index (χ4v) is 3.27. The smallest absolute Gasteiger partial charge is 0.272 e. The lowest BCUT2D eigenvalue weighted by atomic mass is 10.00. The number of nitrogens with zero attached hydrogens (tertiary/aromatic N) is 1. The van der Waals surface area contributed by atoms with Crippen molar-refractivity contribution in [1.82, 2.24) is 15.5 Å². The highest BCUT2D eigenvalue weighted by atomic mass is 16.2. The van der Waals surface area contributed by atoms with Crippen LogP contribution in [0.1, 0.15) is 44.9 Å². The number of hydrogen-bond acceptors (Lipinski definition) is 3. The number of rotatable bonds is 8. The van der Waals surface area contributed by atoms with Crippen molar-refractivity contribution in [2.24, 2.45) is 5.73 Å². The molecule has 0 fully saturated rings. The van der Waals surface area contributed by atoms with Crippen LogP contribution >= 0.6 is 0 Å². The van der Waals surface area contributed by atoms with Crippen molar-refractivity contribution in [3.63, 3.8) is 0 Å². The first-order chi connectivity index (χ1) is 13.9. The average molecular weight is 389 g/mol. The van der Waals surface area contributed by atoms with Gasteiger partial charge in [-0.2, -0.15) is 5.10 Å². The van der Waals surface area contributed by atoms with Crippen LogP contribution in [0, 0.1) is 13.8 Å². The van der Waals surface area contributed by atoms with Crippen LogP contribution < -0.4 is 11.1 Å². The van der Waals surface area contributed by atoms with E-state index in [1.165, 1.54) is 16.7 Å². The molecule has 29 heavy (non-hydrogen) atoms. The second kappa shape index (κ2) is 9.24. The van der Waals surface area contributed by atoms with Gasteiger partial charge in [-0.3, -0.25) is 9.89 Å². The molecule has 3 rings (SSSR count). The largest absolute Gasteiger partial charge is 0.401 e. The SMILES string of the molecule is C=C(N)C(CCc1ccccc1C)NC(=O)c1cc(Cc2ccc(C)cc2)[nH]n1. The normalized spacial score (nSPS) is 11.8. The number of carbonyl (C=O) groups excluding carboxylic acids is 1. The summed E-state index contributed by atoms with van der Waals surface area (Å²) in [5, 5.41) is 10.1. The van der Waals surface area contributed by atoms with E-state index in [0.717, 1.165) is 17.7 Å². The molecule has 150 valence electrons. The number of nitrogens with two attached hydrogens (primary N) is 1. The lowest BCUT2D eigenvalue weighted by Crippen LogP contribution is -2.39. The molecular weight excluding hydrogens is 360 g/mol. The predicted octanol–water partition coefficient (Wildman–Crippen LogP) is 3.82. The van der Waals surface area contributed by atoms with Gasteiger partial charge in [0.2, 0.25) is 0 Å². The van der Waals surface area contributed by atoms with Crippen LogP contribution in [0.4, 0.5) is 0 Å². The molecule has 0 aliphatic rings. The van der Waals surface area contributed by atoms with Crippen molar-refractivity contribution >= 4 is 5.91 Å². The molecule has 0 spiro atoms. The summed E-state index contributed by atoms with van der Waals surface area (Å²) in [6, 6.07) is 18.0. The maximum absolute atomic E-state index is 12.7. The Morgan fingerprint density at radius 1 is 1.17 bits per heavy atom. The molecule has 3 aromatic rings. The van der Waals surface area contributed by atoms with Gasteiger partial charge in [0.05, 0.1) is 6.04 Å². The van der Waals surface area contributed by atoms with E-state index in [1.54, 1.807) is 6.07 Å². The molecule has 1 heterocycles. The summed E-state index contributed by atoms with van der Waals surface area (Å²) >= 11 is 0. The number of nitrogens with one attached hydrogen (secondary N) is 2. The Balaban J connectivity index is 1.61. The second-order valence-electron chi connectivity index (χ2n) is 7.51. The van der Waals surface area contributed by atoms with Gasteiger partial charge in [0.15, 0.2) is 0 Å². The predicted molar refractivity (Wildman–Crippen MR) is 117 cm³/mol. The number of carbonyl (C=O) groups is 1. The number of H-pyrrole nitrogens is 1. The third kappa shape index (κ3) is 5.57. The van der Waals surface area contributed by atoms with E-state index in [0.29, 0.717) is 24.2 Å². The van der Waals surface area contributed by atoms with Crippen LogP contribution in [0.15, 0.2) is 66.9 Å². The lowest BCUT2D eigenvalue weighted by molar-refractivity contribution is 0.0935. The van der Waals surface area contributed by atoms with Gasteiger partial charge in [-0.15, -0.1) is 0 Å². The molecule has 1 aromatic heterocycles. The van der Waals surface area contributed by atoms with E-state index in [2.05, 4.69) is 72.3 Å². The van der Waals surface area contributed by atoms with Crippen molar-refractivity contribution in [3.8, 4) is 0 Å². The van der Waals surface area contributed by atoms with Gasteiger partial charge in [-0.1, -0.05) is 60.7 Å². The fourth-order valence-electron chi connectivity index (χ4n) is 3.27. The molecule has 1 unspecified atom stereocenters. The number of aromatic amines is 1. The second-order valence-corrected chi connectivity index (χ2v) is 7.51. The molecule has 5 nitrogen and oxygen atoms in total. The minimum atomic E-state index is -0.306. The van der Waals surface area contributed by atoms with E-state index >= 15 is 0 Å². The number of benzene rings is 2. The van der Waals surface area contributed by atoms with E-state index in [4.69, 9.17) is 5.73 Å². The Labute approximate surface area is 172 Å². The Bertz CT molecular complexity index is 988. The average Bonchev–Trinajstić information content (AvgIpc) is 3.16. The first-order valence-corrected chi connectivity index (χ1v) is 9.82. The molecule has 0 aliphatic heterocycles. The maximum atomic E-state index is 12.7. The minimum Gasteiger partial charge on any atom is -0.401 e. The molecule has 0 saturated heterocycles. The van der Waals surface area contributed by atoms with Crippen molar-refractivity contribution in [1.29, 1.82) is 0 Å². The van der Waals surface area contributed by atoms with Gasteiger partial charge in [0, 0.05) is 17.8 Å². The maximum Gasteiger partial charge on any atom is 0.272 e. The third-order valence-corrected chi connectivity index (χ3v) is 5.10. The molecule has 2 aromatic carbocycles. The van der Waals surface area contributed by atoms with Gasteiger partial charge < -0.3 is 11.1 Å². The topological polar surface area (TPSA) is 83.8 Å². The zero-order chi connectivity index (χ0) is 20.8. The van der Waals surface area contributed by atoms with Gasteiger partial charge in [0.25, 0.3) is 5.91 Å². The summed E-state index contributed by atoms with van der Waals surface area (Å²) in [7, 11) is 0. The van der Waals surface area contributed by atoms with Crippen LogP contribution in [0.5, 0.6) is 0 Å². The molecule has 0 bridgehead atoms. The summed E-state index contributed by atoms with van der Waals surface area (Å²) in [4.78, 5) is 12.7. The Kier molecular flexibility index (Phi) is 6.50. The first kappa shape index (κ1) is 20.4. The Morgan fingerprint density at radius 3 is 2.59 bits per heavy atom. The molecular formula is C24H28N4O. The van der Waals surface area contributed by atoms with Crippen molar-refractivity contribution < 1.29 is 4.79 Å². The van der Waals surface area contributed by atoms with Gasteiger partial charge in [-0.05, 0) is 49.4 Å². The van der Waals surface area contributed by atoms with Crippen LogP contribution in [0.3, 0.4) is 0 Å². The van der Waals surface area contributed by atoms with E-state index in [1.807, 2.05) is 12.1 Å². The standard InChI is InChI=1S/C24H28N4O/c1-16-8-10-19(11-9-16)14-21-15-23(28-27-21)24(29)26-22(18(3)25)13-12-20-7-5-4-6-17(20)2/h4-11,15,22H,3,12-14,25H2,1-2H3,(H,26,29)(H,27,28). The molecule has 0 radical (unpaired) electrons. The molecule has 0 saturated carbocycles. The number of hydrogen-bond donors (Lipinski definition) is 3. The van der Waals surface area contributed by atoms with E-state index in [9.17, 15) is 4.79 Å². The summed E-state index contributed by atoms with van der Waals surface area (Å²) in [6.45, 7) is 7.98. The molecule has 1 amide bonds. The summed E-state index contributed by atoms with van der Waals surface area (Å²) in [6.07, 6.45) is 2.19. The fraction of sp³-hybridized carbons (Fsp3) is 0.250. The first-order valence-electron chi connectivity index (χ1n) is 9.82. The van der Waals surface area contributed by atoms with Crippen LogP contribution in [-0.4, -0.2) is 22.1 Å². The van der Waals surface area contributed by atoms with Crippen LogP contribution in [-0.2, 0) is 12.8 Å². The monoisotopic (exact) mass is 388 g/mol. The highest BCUT2D eigenvalue weighted by molar-refractivity contribution is 5.92.